The first kappa shape index (κ1) is 15.3. The zero-order valence-corrected chi connectivity index (χ0v) is 11.9. The Labute approximate surface area is 122 Å². The molecule has 1 fully saturated rings. The van der Waals surface area contributed by atoms with Crippen molar-refractivity contribution >= 4 is 15.9 Å². The lowest BCUT2D eigenvalue weighted by atomic mass is 10.3. The van der Waals surface area contributed by atoms with Crippen LogP contribution >= 0.6 is 15.9 Å². The predicted molar refractivity (Wildman–Crippen MR) is 68.7 cm³/mol. The largest absolute Gasteiger partial charge is 0.434 e. The van der Waals surface area contributed by atoms with Crippen LogP contribution in [-0.2, 0) is 15.7 Å². The Morgan fingerprint density at radius 1 is 1.45 bits per heavy atom. The molecule has 1 aliphatic heterocycles. The van der Waals surface area contributed by atoms with Crippen LogP contribution in [0.4, 0.5) is 13.2 Å². The van der Waals surface area contributed by atoms with Gasteiger partial charge in [-0.1, -0.05) is 5.92 Å². The van der Waals surface area contributed by atoms with Crippen LogP contribution in [0.2, 0.25) is 0 Å². The van der Waals surface area contributed by atoms with Crippen LogP contribution in [0, 0.1) is 11.8 Å². The third kappa shape index (κ3) is 4.20. The molecule has 1 unspecified atom stereocenters. The van der Waals surface area contributed by atoms with Gasteiger partial charge >= 0.3 is 6.18 Å². The van der Waals surface area contributed by atoms with Crippen molar-refractivity contribution in [3.8, 4) is 11.8 Å². The van der Waals surface area contributed by atoms with Gasteiger partial charge in [0.2, 0.25) is 0 Å². The zero-order chi connectivity index (χ0) is 14.6. The molecule has 0 aromatic carbocycles. The summed E-state index contributed by atoms with van der Waals surface area (Å²) >= 11 is 2.82. The molecule has 0 radical (unpaired) electrons. The Hall–Kier alpha value is -1.10. The summed E-state index contributed by atoms with van der Waals surface area (Å²) in [6, 6.07) is 2.69. The Bertz CT molecular complexity index is 531. The topological polar surface area (TPSA) is 31.4 Å². The van der Waals surface area contributed by atoms with Gasteiger partial charge in [-0.15, -0.1) is 0 Å². The molecule has 1 atom stereocenters. The summed E-state index contributed by atoms with van der Waals surface area (Å²) in [5, 5.41) is 0. The average Bonchev–Trinajstić information content (AvgIpc) is 2.88. The lowest BCUT2D eigenvalue weighted by Gasteiger charge is -2.08. The second-order valence-electron chi connectivity index (χ2n) is 4.08. The number of nitrogens with zero attached hydrogens (tertiary/aromatic N) is 1. The average molecular weight is 350 g/mol. The fourth-order valence-electron chi connectivity index (χ4n) is 1.65. The molecule has 0 N–H and O–H groups in total. The summed E-state index contributed by atoms with van der Waals surface area (Å²) in [5.41, 5.74) is -0.930. The molecule has 1 saturated heterocycles. The van der Waals surface area contributed by atoms with Crippen LogP contribution in [0.25, 0.3) is 0 Å². The summed E-state index contributed by atoms with van der Waals surface area (Å²) in [5.74, 6) is 5.18. The van der Waals surface area contributed by atoms with Crippen LogP contribution in [0.15, 0.2) is 16.6 Å². The number of hydrogen-bond acceptors (Lipinski definition) is 3. The fraction of sp³-hybridized carbons (Fsp3) is 0.462. The van der Waals surface area contributed by atoms with Crippen LogP contribution < -0.4 is 0 Å². The Kier molecular flexibility index (Phi) is 5.02. The molecule has 20 heavy (non-hydrogen) atoms. The van der Waals surface area contributed by atoms with E-state index in [4.69, 9.17) is 9.47 Å². The van der Waals surface area contributed by atoms with Gasteiger partial charge in [-0.3, -0.25) is 0 Å². The van der Waals surface area contributed by atoms with E-state index in [0.29, 0.717) is 6.61 Å². The zero-order valence-electron chi connectivity index (χ0n) is 10.3. The first-order valence-electron chi connectivity index (χ1n) is 5.92. The highest BCUT2D eigenvalue weighted by Gasteiger charge is 2.35. The summed E-state index contributed by atoms with van der Waals surface area (Å²) in [4.78, 5) is 3.48. The minimum absolute atomic E-state index is 0.0523. The lowest BCUT2D eigenvalue weighted by molar-refractivity contribution is -0.141. The third-order valence-electron chi connectivity index (χ3n) is 2.56. The van der Waals surface area contributed by atoms with Crippen molar-refractivity contribution in [2.24, 2.45) is 0 Å². The van der Waals surface area contributed by atoms with E-state index in [0.717, 1.165) is 12.8 Å². The van der Waals surface area contributed by atoms with Crippen LogP contribution in [0.1, 0.15) is 24.2 Å². The van der Waals surface area contributed by atoms with E-state index in [9.17, 15) is 13.2 Å². The molecule has 0 spiro atoms. The van der Waals surface area contributed by atoms with E-state index in [1.54, 1.807) is 0 Å². The number of halogens is 4. The number of ether oxygens (including phenoxy) is 2. The molecule has 0 aliphatic carbocycles. The van der Waals surface area contributed by atoms with Gasteiger partial charge < -0.3 is 9.47 Å². The second kappa shape index (κ2) is 6.57. The summed E-state index contributed by atoms with van der Waals surface area (Å²) in [6.45, 7) is 0.769. The maximum absolute atomic E-state index is 12.6. The molecule has 1 aliphatic rings. The van der Waals surface area contributed by atoms with Gasteiger partial charge in [0.05, 0.1) is 0 Å². The van der Waals surface area contributed by atoms with Gasteiger partial charge in [0.15, 0.2) is 12.0 Å². The number of hydrogen-bond donors (Lipinski definition) is 0. The minimum Gasteiger partial charge on any atom is -0.353 e. The summed E-state index contributed by atoms with van der Waals surface area (Å²) < 4.78 is 48.3. The lowest BCUT2D eigenvalue weighted by Crippen LogP contribution is -2.11. The van der Waals surface area contributed by atoms with E-state index in [-0.39, 0.29) is 23.1 Å². The van der Waals surface area contributed by atoms with Crippen molar-refractivity contribution in [1.29, 1.82) is 0 Å². The SMILES string of the molecule is FC(F)(F)c1nc(C#CCOC2CCCO2)ccc1Br. The molecule has 1 aromatic rings. The Balaban J connectivity index is 1.99. The minimum atomic E-state index is -4.51. The quantitative estimate of drug-likeness (QED) is 0.767. The number of rotatable bonds is 2. The van der Waals surface area contributed by atoms with E-state index in [1.807, 2.05) is 0 Å². The van der Waals surface area contributed by atoms with Gasteiger partial charge in [0, 0.05) is 17.5 Å². The number of alkyl halides is 3. The molecule has 7 heteroatoms. The van der Waals surface area contributed by atoms with E-state index in [1.165, 1.54) is 12.1 Å². The highest BCUT2D eigenvalue weighted by atomic mass is 79.9. The van der Waals surface area contributed by atoms with Crippen molar-refractivity contribution in [1.82, 2.24) is 4.98 Å². The summed E-state index contributed by atoms with van der Waals surface area (Å²) in [6.07, 6.45) is -3.00. The molecule has 0 bridgehead atoms. The van der Waals surface area contributed by atoms with Gasteiger partial charge in [0.25, 0.3) is 0 Å². The monoisotopic (exact) mass is 349 g/mol. The Morgan fingerprint density at radius 3 is 2.90 bits per heavy atom. The third-order valence-corrected chi connectivity index (χ3v) is 3.20. The molecule has 0 amide bonds. The molecular weight excluding hydrogens is 339 g/mol. The van der Waals surface area contributed by atoms with Crippen LogP contribution in [0.3, 0.4) is 0 Å². The van der Waals surface area contributed by atoms with Gasteiger partial charge in [-0.2, -0.15) is 13.2 Å². The highest BCUT2D eigenvalue weighted by molar-refractivity contribution is 9.10. The molecular formula is C13H11BrF3NO2. The van der Waals surface area contributed by atoms with Crippen molar-refractivity contribution in [2.75, 3.05) is 13.2 Å². The van der Waals surface area contributed by atoms with Crippen LogP contribution in [-0.4, -0.2) is 24.5 Å². The van der Waals surface area contributed by atoms with E-state index >= 15 is 0 Å². The van der Waals surface area contributed by atoms with Crippen molar-refractivity contribution in [3.05, 3.63) is 28.0 Å². The number of pyridine rings is 1. The Morgan fingerprint density at radius 2 is 2.25 bits per heavy atom. The molecule has 2 rings (SSSR count). The first-order chi connectivity index (χ1) is 9.47. The molecule has 2 heterocycles. The highest BCUT2D eigenvalue weighted by Crippen LogP contribution is 2.33. The van der Waals surface area contributed by atoms with E-state index in [2.05, 4.69) is 32.8 Å². The number of aromatic nitrogens is 1. The van der Waals surface area contributed by atoms with Crippen LogP contribution in [0.5, 0.6) is 0 Å². The normalized spacial score (nSPS) is 18.7. The predicted octanol–water partition coefficient (Wildman–Crippen LogP) is 3.37. The smallest absolute Gasteiger partial charge is 0.353 e. The summed E-state index contributed by atoms with van der Waals surface area (Å²) in [7, 11) is 0. The maximum atomic E-state index is 12.6. The van der Waals surface area contributed by atoms with Gasteiger partial charge in [-0.25, -0.2) is 4.98 Å². The van der Waals surface area contributed by atoms with Crippen molar-refractivity contribution in [2.45, 2.75) is 25.3 Å². The molecule has 0 saturated carbocycles. The molecule has 1 aromatic heterocycles. The van der Waals surface area contributed by atoms with E-state index < -0.39 is 11.9 Å². The van der Waals surface area contributed by atoms with Gasteiger partial charge in [0.1, 0.15) is 12.3 Å². The van der Waals surface area contributed by atoms with Crippen molar-refractivity contribution in [3.63, 3.8) is 0 Å². The maximum Gasteiger partial charge on any atom is 0.434 e. The van der Waals surface area contributed by atoms with Gasteiger partial charge in [-0.05, 0) is 40.4 Å². The standard InChI is InChI=1S/C13H11BrF3NO2/c14-10-6-5-9(18-12(10)13(15,16)17)3-1-7-19-11-4-2-8-20-11/h5-6,11H,2,4,7-8H2. The second-order valence-corrected chi connectivity index (χ2v) is 4.93. The van der Waals surface area contributed by atoms with Crippen molar-refractivity contribution < 1.29 is 22.6 Å². The fourth-order valence-corrected chi connectivity index (χ4v) is 2.10. The first-order valence-corrected chi connectivity index (χ1v) is 6.72. The molecule has 3 nitrogen and oxygen atoms in total. The molecule has 108 valence electrons.